The van der Waals surface area contributed by atoms with E-state index in [0.717, 1.165) is 29.4 Å². The quantitative estimate of drug-likeness (QED) is 0.472. The van der Waals surface area contributed by atoms with Crippen LogP contribution in [0.3, 0.4) is 0 Å². The second kappa shape index (κ2) is 9.53. The maximum atomic E-state index is 13.5. The first kappa shape index (κ1) is 24.1. The molecule has 2 atom stereocenters. The predicted molar refractivity (Wildman–Crippen MR) is 132 cm³/mol. The highest BCUT2D eigenvalue weighted by Gasteiger charge is 2.45. The van der Waals surface area contributed by atoms with Crippen molar-refractivity contribution in [2.75, 3.05) is 19.0 Å². The van der Waals surface area contributed by atoms with Crippen LogP contribution in [0.1, 0.15) is 46.5 Å². The van der Waals surface area contributed by atoms with E-state index in [1.54, 1.807) is 24.3 Å². The number of nitrogens with two attached hydrogens (primary N) is 1. The van der Waals surface area contributed by atoms with Gasteiger partial charge in [-0.15, -0.1) is 12.4 Å². The Balaban J connectivity index is 0.00000289. The standard InChI is InChI=1S/C24H27ClN4O2.ClH/c1-29(2)18-9-6-15(7-10-18)23(31)28-21-5-3-4-12-24(21,26)22(30)20-14-16-13-17(25)8-11-19(16)27-20;/h6-11,13-14,21,27H,3-5,12,26H2,1-2H3,(H,28,31);1H. The first-order valence-corrected chi connectivity index (χ1v) is 10.9. The molecule has 3 aromatic rings. The lowest BCUT2D eigenvalue weighted by molar-refractivity contribution is 0.0755. The Morgan fingerprint density at radius 2 is 1.84 bits per heavy atom. The van der Waals surface area contributed by atoms with E-state index < -0.39 is 11.6 Å². The molecule has 4 N–H and O–H groups in total. The number of fused-ring (bicyclic) bond motifs is 1. The van der Waals surface area contributed by atoms with Gasteiger partial charge in [-0.25, -0.2) is 0 Å². The smallest absolute Gasteiger partial charge is 0.251 e. The molecule has 0 saturated heterocycles. The summed E-state index contributed by atoms with van der Waals surface area (Å²) in [6.07, 6.45) is 2.94. The fraction of sp³-hybridized carbons (Fsp3) is 0.333. The lowest BCUT2D eigenvalue weighted by Gasteiger charge is -2.40. The number of halogens is 2. The zero-order valence-electron chi connectivity index (χ0n) is 18.2. The van der Waals surface area contributed by atoms with Crippen LogP contribution in [0.5, 0.6) is 0 Å². The normalized spacial score (nSPS) is 20.4. The molecule has 1 amide bonds. The molecule has 0 aliphatic heterocycles. The highest BCUT2D eigenvalue weighted by atomic mass is 35.5. The molecule has 1 aromatic heterocycles. The molecule has 1 saturated carbocycles. The van der Waals surface area contributed by atoms with Crippen molar-refractivity contribution < 1.29 is 9.59 Å². The number of nitrogens with zero attached hydrogens (tertiary/aromatic N) is 1. The Labute approximate surface area is 198 Å². The number of rotatable bonds is 5. The largest absolute Gasteiger partial charge is 0.378 e. The average molecular weight is 475 g/mol. The molecule has 2 aromatic carbocycles. The van der Waals surface area contributed by atoms with Gasteiger partial charge in [0.2, 0.25) is 5.78 Å². The molecule has 1 aliphatic carbocycles. The van der Waals surface area contributed by atoms with Gasteiger partial charge in [0.15, 0.2) is 0 Å². The van der Waals surface area contributed by atoms with Crippen LogP contribution < -0.4 is 16.0 Å². The summed E-state index contributed by atoms with van der Waals surface area (Å²) in [5.41, 5.74) is 8.37. The van der Waals surface area contributed by atoms with Crippen LogP contribution in [0, 0.1) is 0 Å². The molecule has 6 nitrogen and oxygen atoms in total. The van der Waals surface area contributed by atoms with Gasteiger partial charge in [0.05, 0.1) is 11.7 Å². The van der Waals surface area contributed by atoms with Crippen molar-refractivity contribution in [2.24, 2.45) is 5.73 Å². The third kappa shape index (κ3) is 4.63. The van der Waals surface area contributed by atoms with E-state index in [-0.39, 0.29) is 24.1 Å². The molecule has 8 heteroatoms. The lowest BCUT2D eigenvalue weighted by Crippen LogP contribution is -2.64. The molecular weight excluding hydrogens is 447 g/mol. The SMILES string of the molecule is CN(C)c1ccc(C(=O)NC2CCCCC2(N)C(=O)c2cc3cc(Cl)ccc3[nH]2)cc1.Cl. The molecule has 0 spiro atoms. The summed E-state index contributed by atoms with van der Waals surface area (Å²) in [4.78, 5) is 31.5. The van der Waals surface area contributed by atoms with Crippen LogP contribution in [0.25, 0.3) is 10.9 Å². The van der Waals surface area contributed by atoms with E-state index in [0.29, 0.717) is 29.1 Å². The third-order valence-electron chi connectivity index (χ3n) is 6.16. The molecule has 4 rings (SSSR count). The summed E-state index contributed by atoms with van der Waals surface area (Å²) in [6.45, 7) is 0. The van der Waals surface area contributed by atoms with Crippen LogP contribution in [-0.2, 0) is 0 Å². The molecule has 2 unspecified atom stereocenters. The van der Waals surface area contributed by atoms with Gasteiger partial charge in [-0.05, 0) is 61.4 Å². The number of anilines is 1. The zero-order valence-corrected chi connectivity index (χ0v) is 19.7. The number of nitrogens with one attached hydrogen (secondary N) is 2. The highest BCUT2D eigenvalue weighted by Crippen LogP contribution is 2.31. The number of amides is 1. The Hall–Kier alpha value is -2.54. The van der Waals surface area contributed by atoms with Gasteiger partial charge in [0.25, 0.3) is 5.91 Å². The predicted octanol–water partition coefficient (Wildman–Crippen LogP) is 4.56. The Morgan fingerprint density at radius 3 is 2.53 bits per heavy atom. The zero-order chi connectivity index (χ0) is 22.2. The van der Waals surface area contributed by atoms with Gasteiger partial charge in [0.1, 0.15) is 5.54 Å². The van der Waals surface area contributed by atoms with E-state index in [9.17, 15) is 9.59 Å². The van der Waals surface area contributed by atoms with Crippen molar-refractivity contribution in [3.8, 4) is 0 Å². The van der Waals surface area contributed by atoms with Gasteiger partial charge < -0.3 is 20.9 Å². The molecule has 1 heterocycles. The fourth-order valence-corrected chi connectivity index (χ4v) is 4.48. The summed E-state index contributed by atoms with van der Waals surface area (Å²) in [5.74, 6) is -0.406. The number of H-pyrrole nitrogens is 1. The Kier molecular flexibility index (Phi) is 7.18. The highest BCUT2D eigenvalue weighted by molar-refractivity contribution is 6.31. The minimum absolute atomic E-state index is 0. The maximum absolute atomic E-state index is 13.5. The number of benzene rings is 2. The minimum atomic E-state index is -1.16. The summed E-state index contributed by atoms with van der Waals surface area (Å²) in [5, 5.41) is 4.50. The number of aromatic amines is 1. The van der Waals surface area contributed by atoms with Gasteiger partial charge in [-0.2, -0.15) is 0 Å². The molecule has 170 valence electrons. The van der Waals surface area contributed by atoms with Crippen LogP contribution in [0.2, 0.25) is 5.02 Å². The number of aromatic nitrogens is 1. The molecule has 1 fully saturated rings. The first-order chi connectivity index (χ1) is 14.8. The van der Waals surface area contributed by atoms with E-state index in [2.05, 4.69) is 10.3 Å². The summed E-state index contributed by atoms with van der Waals surface area (Å²) in [7, 11) is 3.90. The summed E-state index contributed by atoms with van der Waals surface area (Å²) < 4.78 is 0. The van der Waals surface area contributed by atoms with Crippen LogP contribution >= 0.6 is 24.0 Å². The summed E-state index contributed by atoms with van der Waals surface area (Å²) in [6, 6.07) is 14.1. The number of carbonyl (C=O) groups excluding carboxylic acids is 2. The third-order valence-corrected chi connectivity index (χ3v) is 6.39. The number of hydrogen-bond donors (Lipinski definition) is 3. The molecule has 0 bridgehead atoms. The van der Waals surface area contributed by atoms with Crippen LogP contribution in [0.15, 0.2) is 48.5 Å². The van der Waals surface area contributed by atoms with E-state index >= 15 is 0 Å². The van der Waals surface area contributed by atoms with E-state index in [4.69, 9.17) is 17.3 Å². The van der Waals surface area contributed by atoms with Gasteiger partial charge in [-0.3, -0.25) is 9.59 Å². The van der Waals surface area contributed by atoms with Crippen molar-refractivity contribution in [1.82, 2.24) is 10.3 Å². The average Bonchev–Trinajstić information content (AvgIpc) is 3.18. The monoisotopic (exact) mass is 474 g/mol. The van der Waals surface area contributed by atoms with Gasteiger partial charge in [0, 0.05) is 41.3 Å². The number of carbonyl (C=O) groups is 2. The van der Waals surface area contributed by atoms with Gasteiger partial charge in [-0.1, -0.05) is 24.4 Å². The number of ketones is 1. The van der Waals surface area contributed by atoms with Crippen molar-refractivity contribution in [3.05, 3.63) is 64.8 Å². The molecule has 32 heavy (non-hydrogen) atoms. The van der Waals surface area contributed by atoms with Crippen molar-refractivity contribution >= 4 is 52.3 Å². The number of hydrogen-bond acceptors (Lipinski definition) is 4. The molecular formula is C24H28Cl2N4O2. The first-order valence-electron chi connectivity index (χ1n) is 10.5. The lowest BCUT2D eigenvalue weighted by atomic mass is 9.74. The molecule has 1 aliphatic rings. The second-order valence-electron chi connectivity index (χ2n) is 8.50. The maximum Gasteiger partial charge on any atom is 0.251 e. The fourth-order valence-electron chi connectivity index (χ4n) is 4.30. The summed E-state index contributed by atoms with van der Waals surface area (Å²) >= 11 is 6.08. The second-order valence-corrected chi connectivity index (χ2v) is 8.93. The number of Topliss-reactive ketones (excluding diaryl/α,β-unsaturated/α-hetero) is 1. The Morgan fingerprint density at radius 1 is 1.12 bits per heavy atom. The molecule has 0 radical (unpaired) electrons. The Bertz CT molecular complexity index is 1130. The van der Waals surface area contributed by atoms with Gasteiger partial charge >= 0.3 is 0 Å². The minimum Gasteiger partial charge on any atom is -0.378 e. The van der Waals surface area contributed by atoms with Crippen LogP contribution in [-0.4, -0.2) is 42.4 Å². The van der Waals surface area contributed by atoms with Crippen LogP contribution in [0.4, 0.5) is 5.69 Å². The van der Waals surface area contributed by atoms with E-state index in [1.807, 2.05) is 43.3 Å². The topological polar surface area (TPSA) is 91.2 Å². The van der Waals surface area contributed by atoms with Crippen molar-refractivity contribution in [2.45, 2.75) is 37.3 Å². The van der Waals surface area contributed by atoms with E-state index in [1.165, 1.54) is 0 Å². The van der Waals surface area contributed by atoms with Crippen molar-refractivity contribution in [1.29, 1.82) is 0 Å². The van der Waals surface area contributed by atoms with Crippen molar-refractivity contribution in [3.63, 3.8) is 0 Å².